The molecule has 0 spiro atoms. The van der Waals surface area contributed by atoms with Crippen LogP contribution in [0.3, 0.4) is 0 Å². The van der Waals surface area contributed by atoms with Gasteiger partial charge < -0.3 is 5.11 Å². The zero-order valence-corrected chi connectivity index (χ0v) is 7.34. The highest BCUT2D eigenvalue weighted by Gasteiger charge is 2.13. The Morgan fingerprint density at radius 2 is 2.17 bits per heavy atom. The fourth-order valence-electron chi connectivity index (χ4n) is 1.46. The second kappa shape index (κ2) is 4.10. The maximum absolute atomic E-state index is 10.7. The number of hydrogen-bond acceptors (Lipinski definition) is 1. The maximum Gasteiger partial charge on any atom is 0.335 e. The molecule has 0 bridgehead atoms. The van der Waals surface area contributed by atoms with Crippen LogP contribution in [0.25, 0.3) is 0 Å². The fraction of sp³-hybridized carbons (Fsp3) is 0.500. The van der Waals surface area contributed by atoms with Crippen molar-refractivity contribution in [2.24, 2.45) is 0 Å². The average molecular weight is 166 g/mol. The fourth-order valence-corrected chi connectivity index (χ4v) is 1.46. The predicted octanol–water partition coefficient (Wildman–Crippen LogP) is 2.52. The summed E-state index contributed by atoms with van der Waals surface area (Å²) in [7, 11) is 0. The molecule has 0 atom stereocenters. The van der Waals surface area contributed by atoms with Gasteiger partial charge in [-0.1, -0.05) is 25.5 Å². The van der Waals surface area contributed by atoms with Crippen LogP contribution in [0.1, 0.15) is 32.6 Å². The Hall–Kier alpha value is -1.05. The first kappa shape index (κ1) is 9.04. The number of aliphatic carboxylic acids is 1. The third kappa shape index (κ3) is 1.97. The molecule has 1 rings (SSSR count). The molecule has 2 heteroatoms. The van der Waals surface area contributed by atoms with E-state index in [4.69, 9.17) is 5.11 Å². The molecule has 0 heterocycles. The van der Waals surface area contributed by atoms with Gasteiger partial charge in [0.2, 0.25) is 0 Å². The van der Waals surface area contributed by atoms with E-state index < -0.39 is 5.97 Å². The number of rotatable bonds is 3. The van der Waals surface area contributed by atoms with Crippen LogP contribution in [-0.4, -0.2) is 11.1 Å². The highest BCUT2D eigenvalue weighted by atomic mass is 16.4. The Morgan fingerprint density at radius 3 is 2.75 bits per heavy atom. The molecule has 0 amide bonds. The molecule has 0 saturated carbocycles. The van der Waals surface area contributed by atoms with E-state index in [2.05, 4.69) is 6.92 Å². The highest BCUT2D eigenvalue weighted by Crippen LogP contribution is 2.22. The van der Waals surface area contributed by atoms with Gasteiger partial charge in [-0.15, -0.1) is 0 Å². The van der Waals surface area contributed by atoms with Crippen LogP contribution in [0.15, 0.2) is 23.3 Å². The standard InChI is InChI=1S/C10H14O2/c1-2-5-8-6-3-4-7-9(8)10(11)12/h6-7H,2-5H2,1H3,(H,11,12). The third-order valence-electron chi connectivity index (χ3n) is 2.00. The minimum Gasteiger partial charge on any atom is -0.478 e. The molecule has 0 aromatic carbocycles. The van der Waals surface area contributed by atoms with Crippen molar-refractivity contribution in [3.05, 3.63) is 23.3 Å². The Morgan fingerprint density at radius 1 is 1.50 bits per heavy atom. The molecule has 1 aliphatic rings. The summed E-state index contributed by atoms with van der Waals surface area (Å²) in [4.78, 5) is 10.7. The molecular weight excluding hydrogens is 152 g/mol. The lowest BCUT2D eigenvalue weighted by Crippen LogP contribution is -2.06. The first-order valence-corrected chi connectivity index (χ1v) is 4.38. The maximum atomic E-state index is 10.7. The van der Waals surface area contributed by atoms with Crippen molar-refractivity contribution in [3.8, 4) is 0 Å². The number of carboxylic acids is 1. The van der Waals surface area contributed by atoms with Crippen LogP contribution >= 0.6 is 0 Å². The summed E-state index contributed by atoms with van der Waals surface area (Å²) < 4.78 is 0. The van der Waals surface area contributed by atoms with Crippen molar-refractivity contribution >= 4 is 5.97 Å². The van der Waals surface area contributed by atoms with Gasteiger partial charge in [0.05, 0.1) is 5.57 Å². The Bertz CT molecular complexity index is 236. The average Bonchev–Trinajstić information content (AvgIpc) is 2.05. The van der Waals surface area contributed by atoms with E-state index in [1.54, 1.807) is 0 Å². The van der Waals surface area contributed by atoms with E-state index in [1.165, 1.54) is 0 Å². The van der Waals surface area contributed by atoms with Gasteiger partial charge in [-0.3, -0.25) is 0 Å². The van der Waals surface area contributed by atoms with E-state index in [0.717, 1.165) is 31.3 Å². The molecule has 0 unspecified atom stereocenters. The zero-order chi connectivity index (χ0) is 8.97. The van der Waals surface area contributed by atoms with Crippen LogP contribution in [0, 0.1) is 0 Å². The van der Waals surface area contributed by atoms with E-state index >= 15 is 0 Å². The van der Waals surface area contributed by atoms with E-state index in [0.29, 0.717) is 5.57 Å². The quantitative estimate of drug-likeness (QED) is 0.699. The van der Waals surface area contributed by atoms with Gasteiger partial charge in [-0.25, -0.2) is 4.79 Å². The zero-order valence-electron chi connectivity index (χ0n) is 7.34. The third-order valence-corrected chi connectivity index (χ3v) is 2.00. The summed E-state index contributed by atoms with van der Waals surface area (Å²) >= 11 is 0. The second-order valence-corrected chi connectivity index (χ2v) is 2.98. The normalized spacial score (nSPS) is 16.8. The first-order valence-electron chi connectivity index (χ1n) is 4.38. The number of hydrogen-bond donors (Lipinski definition) is 1. The molecule has 2 nitrogen and oxygen atoms in total. The van der Waals surface area contributed by atoms with E-state index in [-0.39, 0.29) is 0 Å². The van der Waals surface area contributed by atoms with Gasteiger partial charge in [0.1, 0.15) is 0 Å². The molecule has 0 aliphatic heterocycles. The van der Waals surface area contributed by atoms with E-state index in [9.17, 15) is 4.79 Å². The topological polar surface area (TPSA) is 37.3 Å². The molecule has 66 valence electrons. The number of carboxylic acid groups (broad SMARTS) is 1. The largest absolute Gasteiger partial charge is 0.478 e. The van der Waals surface area contributed by atoms with Gasteiger partial charge in [0.15, 0.2) is 0 Å². The number of carbonyl (C=O) groups is 1. The van der Waals surface area contributed by atoms with Crippen molar-refractivity contribution in [2.75, 3.05) is 0 Å². The lowest BCUT2D eigenvalue weighted by atomic mass is 9.94. The van der Waals surface area contributed by atoms with Gasteiger partial charge in [0, 0.05) is 0 Å². The SMILES string of the molecule is CCCC1=CCCC=C1C(=O)O. The van der Waals surface area contributed by atoms with Gasteiger partial charge >= 0.3 is 5.97 Å². The van der Waals surface area contributed by atoms with Crippen LogP contribution in [0.5, 0.6) is 0 Å². The van der Waals surface area contributed by atoms with Gasteiger partial charge in [0.25, 0.3) is 0 Å². The smallest absolute Gasteiger partial charge is 0.335 e. The van der Waals surface area contributed by atoms with Crippen molar-refractivity contribution in [1.82, 2.24) is 0 Å². The van der Waals surface area contributed by atoms with Crippen LogP contribution in [0.4, 0.5) is 0 Å². The second-order valence-electron chi connectivity index (χ2n) is 2.98. The molecule has 1 aliphatic carbocycles. The first-order chi connectivity index (χ1) is 5.75. The van der Waals surface area contributed by atoms with Gasteiger partial charge in [-0.05, 0) is 24.8 Å². The van der Waals surface area contributed by atoms with Crippen molar-refractivity contribution in [1.29, 1.82) is 0 Å². The minimum absolute atomic E-state index is 0.517. The molecule has 0 aromatic heterocycles. The molecule has 0 radical (unpaired) electrons. The Kier molecular flexibility index (Phi) is 3.09. The molecule has 12 heavy (non-hydrogen) atoms. The molecular formula is C10H14O2. The lowest BCUT2D eigenvalue weighted by Gasteiger charge is -2.11. The van der Waals surface area contributed by atoms with Crippen LogP contribution in [-0.2, 0) is 4.79 Å². The van der Waals surface area contributed by atoms with Crippen LogP contribution in [0.2, 0.25) is 0 Å². The summed E-state index contributed by atoms with van der Waals surface area (Å²) in [5, 5.41) is 8.83. The molecule has 0 saturated heterocycles. The number of allylic oxidation sites excluding steroid dienone is 2. The lowest BCUT2D eigenvalue weighted by molar-refractivity contribution is -0.132. The van der Waals surface area contributed by atoms with Crippen LogP contribution < -0.4 is 0 Å². The van der Waals surface area contributed by atoms with Crippen molar-refractivity contribution in [3.63, 3.8) is 0 Å². The predicted molar refractivity (Wildman–Crippen MR) is 47.9 cm³/mol. The molecule has 0 fully saturated rings. The van der Waals surface area contributed by atoms with Gasteiger partial charge in [-0.2, -0.15) is 0 Å². The molecule has 1 N–H and O–H groups in total. The summed E-state index contributed by atoms with van der Waals surface area (Å²) in [5.41, 5.74) is 1.53. The summed E-state index contributed by atoms with van der Waals surface area (Å²) in [6.07, 6.45) is 7.63. The summed E-state index contributed by atoms with van der Waals surface area (Å²) in [6, 6.07) is 0. The summed E-state index contributed by atoms with van der Waals surface area (Å²) in [5.74, 6) is -0.783. The molecule has 0 aromatic rings. The van der Waals surface area contributed by atoms with Crippen molar-refractivity contribution in [2.45, 2.75) is 32.6 Å². The Balaban J connectivity index is 2.75. The van der Waals surface area contributed by atoms with Crippen molar-refractivity contribution < 1.29 is 9.90 Å². The summed E-state index contributed by atoms with van der Waals surface area (Å²) in [6.45, 7) is 2.06. The Labute approximate surface area is 72.6 Å². The minimum atomic E-state index is -0.783. The monoisotopic (exact) mass is 166 g/mol. The highest BCUT2D eigenvalue weighted by molar-refractivity contribution is 5.92. The van der Waals surface area contributed by atoms with E-state index in [1.807, 2.05) is 12.2 Å².